The second-order valence-corrected chi connectivity index (χ2v) is 4.27. The van der Waals surface area contributed by atoms with E-state index < -0.39 is 12.6 Å². The smallest absolute Gasteiger partial charge is 0.329 e. The molecule has 2 nitrogen and oxygen atoms in total. The molecule has 0 saturated heterocycles. The van der Waals surface area contributed by atoms with E-state index in [9.17, 15) is 13.2 Å². The molecule has 0 spiro atoms. The Balaban J connectivity index is 2.40. The van der Waals surface area contributed by atoms with Gasteiger partial charge >= 0.3 is 6.18 Å². The Bertz CT molecular complexity index is 325. The van der Waals surface area contributed by atoms with Gasteiger partial charge in [-0.1, -0.05) is 30.3 Å². The number of nitrogens with two attached hydrogens (primary N) is 1. The highest BCUT2D eigenvalue weighted by atomic mass is 19.4. The van der Waals surface area contributed by atoms with Gasteiger partial charge in [0.1, 0.15) is 0 Å². The first-order chi connectivity index (χ1) is 8.51. The topological polar surface area (TPSA) is 29.3 Å². The maximum absolute atomic E-state index is 12.1. The van der Waals surface area contributed by atoms with Gasteiger partial charge in [-0.2, -0.15) is 13.2 Å². The fraction of sp³-hybridized carbons (Fsp3) is 0.538. The molecule has 1 aromatic carbocycles. The molecule has 0 bridgehead atoms. The summed E-state index contributed by atoms with van der Waals surface area (Å²) in [6, 6.07) is 9.69. The molecule has 0 aliphatic heterocycles. The third-order valence-electron chi connectivity index (χ3n) is 2.63. The molecule has 0 saturated carbocycles. The van der Waals surface area contributed by atoms with Crippen molar-refractivity contribution in [2.24, 2.45) is 5.73 Å². The Morgan fingerprint density at radius 3 is 2.28 bits per heavy atom. The zero-order valence-corrected chi connectivity index (χ0v) is 10.3. The molecule has 2 N–H and O–H groups in total. The third kappa shape index (κ3) is 6.61. The van der Waals surface area contributed by atoms with E-state index in [4.69, 9.17) is 5.73 Å². The maximum Gasteiger partial charge on any atom is 0.389 e. The predicted octanol–water partition coefficient (Wildman–Crippen LogP) is 2.79. The first-order valence-corrected chi connectivity index (χ1v) is 6.04. The number of rotatable bonds is 7. The van der Waals surface area contributed by atoms with Crippen LogP contribution in [-0.2, 0) is 6.54 Å². The molecule has 0 amide bonds. The van der Waals surface area contributed by atoms with E-state index >= 15 is 0 Å². The van der Waals surface area contributed by atoms with E-state index in [0.29, 0.717) is 26.2 Å². The fourth-order valence-electron chi connectivity index (χ4n) is 1.80. The standard InChI is InChI=1S/C13H19F3N2/c14-13(15,16)7-4-9-18(10-8-17)11-12-5-2-1-3-6-12/h1-3,5-6H,4,7-11,17H2. The molecule has 0 aromatic heterocycles. The number of halogens is 3. The van der Waals surface area contributed by atoms with Gasteiger partial charge in [-0.25, -0.2) is 0 Å². The van der Waals surface area contributed by atoms with Gasteiger partial charge in [0.25, 0.3) is 0 Å². The number of alkyl halides is 3. The van der Waals surface area contributed by atoms with E-state index in [0.717, 1.165) is 5.56 Å². The summed E-state index contributed by atoms with van der Waals surface area (Å²) in [6.45, 7) is 2.15. The van der Waals surface area contributed by atoms with Gasteiger partial charge in [0.05, 0.1) is 0 Å². The number of hydrogen-bond acceptors (Lipinski definition) is 2. The molecule has 0 atom stereocenters. The summed E-state index contributed by atoms with van der Waals surface area (Å²) >= 11 is 0. The first-order valence-electron chi connectivity index (χ1n) is 6.04. The van der Waals surface area contributed by atoms with Gasteiger partial charge in [-0.15, -0.1) is 0 Å². The van der Waals surface area contributed by atoms with Crippen molar-refractivity contribution in [2.75, 3.05) is 19.6 Å². The van der Waals surface area contributed by atoms with Crippen LogP contribution in [0.2, 0.25) is 0 Å². The van der Waals surface area contributed by atoms with Crippen molar-refractivity contribution in [3.8, 4) is 0 Å². The lowest BCUT2D eigenvalue weighted by Gasteiger charge is -2.21. The summed E-state index contributed by atoms with van der Waals surface area (Å²) in [4.78, 5) is 1.96. The minimum absolute atomic E-state index is 0.121. The van der Waals surface area contributed by atoms with E-state index in [2.05, 4.69) is 0 Å². The highest BCUT2D eigenvalue weighted by Crippen LogP contribution is 2.21. The molecular weight excluding hydrogens is 241 g/mol. The van der Waals surface area contributed by atoms with Crippen LogP contribution in [0.3, 0.4) is 0 Å². The zero-order valence-electron chi connectivity index (χ0n) is 10.3. The fourth-order valence-corrected chi connectivity index (χ4v) is 1.80. The van der Waals surface area contributed by atoms with Gasteiger partial charge < -0.3 is 5.73 Å². The minimum Gasteiger partial charge on any atom is -0.329 e. The molecule has 0 unspecified atom stereocenters. The van der Waals surface area contributed by atoms with Crippen LogP contribution in [0, 0.1) is 0 Å². The van der Waals surface area contributed by atoms with Crippen LogP contribution in [0.5, 0.6) is 0 Å². The van der Waals surface area contributed by atoms with Gasteiger partial charge in [0, 0.05) is 26.1 Å². The Morgan fingerprint density at radius 2 is 1.72 bits per heavy atom. The highest BCUT2D eigenvalue weighted by molar-refractivity contribution is 5.14. The van der Waals surface area contributed by atoms with Gasteiger partial charge in [-0.05, 0) is 18.5 Å². The van der Waals surface area contributed by atoms with Crippen LogP contribution in [-0.4, -0.2) is 30.7 Å². The second kappa shape index (κ2) is 7.38. The Labute approximate surface area is 106 Å². The summed E-state index contributed by atoms with van der Waals surface area (Å²) in [5.41, 5.74) is 6.57. The Kier molecular flexibility index (Phi) is 6.15. The van der Waals surface area contributed by atoms with Crippen LogP contribution in [0.4, 0.5) is 13.2 Å². The Hall–Kier alpha value is -1.07. The normalized spacial score (nSPS) is 12.1. The van der Waals surface area contributed by atoms with Crippen molar-refractivity contribution in [1.29, 1.82) is 0 Å². The average Bonchev–Trinajstić information content (AvgIpc) is 2.29. The van der Waals surface area contributed by atoms with Crippen LogP contribution in [0.25, 0.3) is 0 Å². The van der Waals surface area contributed by atoms with E-state index in [1.807, 2.05) is 35.2 Å². The van der Waals surface area contributed by atoms with Crippen molar-refractivity contribution in [1.82, 2.24) is 4.90 Å². The zero-order chi connectivity index (χ0) is 13.4. The molecule has 102 valence electrons. The molecule has 18 heavy (non-hydrogen) atoms. The number of hydrogen-bond donors (Lipinski definition) is 1. The molecule has 0 heterocycles. The summed E-state index contributed by atoms with van der Waals surface area (Å²) in [5, 5.41) is 0. The summed E-state index contributed by atoms with van der Waals surface area (Å²) < 4.78 is 36.2. The van der Waals surface area contributed by atoms with E-state index in [1.165, 1.54) is 0 Å². The number of benzene rings is 1. The first kappa shape index (κ1) is 15.0. The monoisotopic (exact) mass is 260 g/mol. The maximum atomic E-state index is 12.1. The SMILES string of the molecule is NCCN(CCCC(F)(F)F)Cc1ccccc1. The van der Waals surface area contributed by atoms with Crippen LogP contribution in [0.1, 0.15) is 18.4 Å². The van der Waals surface area contributed by atoms with E-state index in [-0.39, 0.29) is 6.42 Å². The molecule has 0 fully saturated rings. The second-order valence-electron chi connectivity index (χ2n) is 4.27. The van der Waals surface area contributed by atoms with Gasteiger partial charge in [0.2, 0.25) is 0 Å². The highest BCUT2D eigenvalue weighted by Gasteiger charge is 2.26. The lowest BCUT2D eigenvalue weighted by atomic mass is 10.2. The lowest BCUT2D eigenvalue weighted by molar-refractivity contribution is -0.136. The van der Waals surface area contributed by atoms with Gasteiger partial charge in [-0.3, -0.25) is 4.90 Å². The summed E-state index contributed by atoms with van der Waals surface area (Å²) in [5.74, 6) is 0. The average molecular weight is 260 g/mol. The molecule has 0 aliphatic rings. The lowest BCUT2D eigenvalue weighted by Crippen LogP contribution is -2.30. The van der Waals surface area contributed by atoms with Crippen molar-refractivity contribution in [3.05, 3.63) is 35.9 Å². The summed E-state index contributed by atoms with van der Waals surface area (Å²) in [7, 11) is 0. The molecule has 1 rings (SSSR count). The molecule has 1 aromatic rings. The molecule has 0 aliphatic carbocycles. The van der Waals surface area contributed by atoms with Crippen molar-refractivity contribution in [3.63, 3.8) is 0 Å². The minimum atomic E-state index is -4.07. The van der Waals surface area contributed by atoms with Crippen LogP contribution in [0.15, 0.2) is 30.3 Å². The van der Waals surface area contributed by atoms with Crippen molar-refractivity contribution in [2.45, 2.75) is 25.6 Å². The van der Waals surface area contributed by atoms with Gasteiger partial charge in [0.15, 0.2) is 0 Å². The summed E-state index contributed by atoms with van der Waals surface area (Å²) in [6.07, 6.45) is -4.68. The largest absolute Gasteiger partial charge is 0.389 e. The quantitative estimate of drug-likeness (QED) is 0.816. The Morgan fingerprint density at radius 1 is 1.06 bits per heavy atom. The van der Waals surface area contributed by atoms with Crippen LogP contribution < -0.4 is 5.73 Å². The third-order valence-corrected chi connectivity index (χ3v) is 2.63. The molecule has 0 radical (unpaired) electrons. The predicted molar refractivity (Wildman–Crippen MR) is 66.1 cm³/mol. The molecular formula is C13H19F3N2. The number of nitrogens with zero attached hydrogens (tertiary/aromatic N) is 1. The van der Waals surface area contributed by atoms with Crippen molar-refractivity contribution < 1.29 is 13.2 Å². The van der Waals surface area contributed by atoms with Crippen molar-refractivity contribution >= 4 is 0 Å². The van der Waals surface area contributed by atoms with Crippen LogP contribution >= 0.6 is 0 Å². The van der Waals surface area contributed by atoms with E-state index in [1.54, 1.807) is 0 Å². The molecule has 5 heteroatoms.